The summed E-state index contributed by atoms with van der Waals surface area (Å²) < 4.78 is 33.6. The van der Waals surface area contributed by atoms with Gasteiger partial charge in [-0.05, 0) is 48.7 Å². The molecule has 1 heterocycles. The van der Waals surface area contributed by atoms with E-state index in [1.165, 1.54) is 0 Å². The fourth-order valence-corrected chi connectivity index (χ4v) is 3.35. The molecule has 1 saturated heterocycles. The molecule has 1 N–H and O–H groups in total. The van der Waals surface area contributed by atoms with E-state index in [1.807, 2.05) is 24.3 Å². The van der Waals surface area contributed by atoms with Gasteiger partial charge in [-0.25, -0.2) is 8.78 Å². The normalized spacial score (nSPS) is 16.6. The molecule has 2 aromatic rings. The first-order valence-corrected chi connectivity index (χ1v) is 8.41. The Morgan fingerprint density at radius 2 is 1.88 bits per heavy atom. The summed E-state index contributed by atoms with van der Waals surface area (Å²) >= 11 is 3.43. The average Bonchev–Trinajstić information content (AvgIpc) is 2.58. The molecule has 126 valence electrons. The summed E-state index contributed by atoms with van der Waals surface area (Å²) in [5.74, 6) is -2.02. The third-order valence-electron chi connectivity index (χ3n) is 4.25. The molecule has 0 atom stereocenters. The summed E-state index contributed by atoms with van der Waals surface area (Å²) in [5, 5.41) is 2.91. The molecule has 0 unspecified atom stereocenters. The highest BCUT2D eigenvalue weighted by Gasteiger charge is 2.36. The summed E-state index contributed by atoms with van der Waals surface area (Å²) in [4.78, 5) is 12.6. The van der Waals surface area contributed by atoms with Crippen molar-refractivity contribution in [3.05, 3.63) is 69.7 Å². The molecule has 0 aliphatic carbocycles. The van der Waals surface area contributed by atoms with Crippen LogP contribution in [0.2, 0.25) is 0 Å². The van der Waals surface area contributed by atoms with Gasteiger partial charge < -0.3 is 10.1 Å². The van der Waals surface area contributed by atoms with Crippen LogP contribution in [0.5, 0.6) is 0 Å². The number of hydrogen-bond acceptors (Lipinski definition) is 2. The monoisotopic (exact) mass is 395 g/mol. The van der Waals surface area contributed by atoms with Crippen molar-refractivity contribution >= 4 is 21.8 Å². The molecular formula is C18H16BrF2NO2. The van der Waals surface area contributed by atoms with Gasteiger partial charge >= 0.3 is 0 Å². The molecule has 0 radical (unpaired) electrons. The maximum Gasteiger partial charge on any atom is 0.255 e. The number of amides is 1. The van der Waals surface area contributed by atoms with Gasteiger partial charge in [0.05, 0.1) is 11.1 Å². The first-order valence-electron chi connectivity index (χ1n) is 7.61. The molecule has 1 fully saturated rings. The Hall–Kier alpha value is -1.79. The van der Waals surface area contributed by atoms with Crippen LogP contribution in [0.3, 0.4) is 0 Å². The summed E-state index contributed by atoms with van der Waals surface area (Å²) in [5.41, 5.74) is -0.0566. The Bertz CT molecular complexity index is 760. The second-order valence-corrected chi connectivity index (χ2v) is 6.70. The minimum Gasteiger partial charge on any atom is -0.381 e. The number of carbonyl (C=O) groups excluding carboxylic acids is 1. The Morgan fingerprint density at radius 3 is 2.58 bits per heavy atom. The van der Waals surface area contributed by atoms with Crippen molar-refractivity contribution < 1.29 is 18.3 Å². The summed E-state index contributed by atoms with van der Waals surface area (Å²) in [6, 6.07) is 10.5. The van der Waals surface area contributed by atoms with E-state index >= 15 is 0 Å². The predicted octanol–water partition coefficient (Wildman–Crippen LogP) is 4.16. The first kappa shape index (κ1) is 17.0. The molecule has 3 rings (SSSR count). The minimum absolute atomic E-state index is 0.295. The quantitative estimate of drug-likeness (QED) is 0.846. The Balaban J connectivity index is 1.95. The van der Waals surface area contributed by atoms with Crippen molar-refractivity contribution in [2.24, 2.45) is 0 Å². The van der Waals surface area contributed by atoms with Crippen LogP contribution in [0.15, 0.2) is 46.9 Å². The third kappa shape index (κ3) is 3.49. The van der Waals surface area contributed by atoms with Gasteiger partial charge in [0.25, 0.3) is 5.91 Å². The van der Waals surface area contributed by atoms with Crippen LogP contribution in [0.1, 0.15) is 28.8 Å². The molecule has 0 aromatic heterocycles. The highest BCUT2D eigenvalue weighted by Crippen LogP contribution is 2.34. The van der Waals surface area contributed by atoms with E-state index in [0.29, 0.717) is 26.1 Å². The SMILES string of the molecule is O=C(NC1(c2cccc(Br)c2)CCOCC1)c1cc(F)ccc1F. The molecule has 1 aliphatic heterocycles. The van der Waals surface area contributed by atoms with Gasteiger partial charge in [0.1, 0.15) is 11.6 Å². The number of carbonyl (C=O) groups is 1. The Labute approximate surface area is 147 Å². The van der Waals surface area contributed by atoms with E-state index in [-0.39, 0.29) is 5.56 Å². The lowest BCUT2D eigenvalue weighted by molar-refractivity contribution is 0.0344. The van der Waals surface area contributed by atoms with Gasteiger partial charge in [-0.3, -0.25) is 4.79 Å². The molecule has 0 spiro atoms. The van der Waals surface area contributed by atoms with Crippen LogP contribution in [0.4, 0.5) is 8.78 Å². The number of nitrogens with one attached hydrogen (secondary N) is 1. The van der Waals surface area contributed by atoms with Gasteiger partial charge in [-0.15, -0.1) is 0 Å². The van der Waals surface area contributed by atoms with Crippen molar-refractivity contribution in [1.82, 2.24) is 5.32 Å². The van der Waals surface area contributed by atoms with Crippen LogP contribution in [-0.4, -0.2) is 19.1 Å². The van der Waals surface area contributed by atoms with Crippen molar-refractivity contribution in [2.75, 3.05) is 13.2 Å². The lowest BCUT2D eigenvalue weighted by atomic mass is 9.82. The molecule has 6 heteroatoms. The van der Waals surface area contributed by atoms with Crippen molar-refractivity contribution in [1.29, 1.82) is 0 Å². The van der Waals surface area contributed by atoms with E-state index in [2.05, 4.69) is 21.2 Å². The molecule has 1 aliphatic rings. The zero-order chi connectivity index (χ0) is 17.2. The first-order chi connectivity index (χ1) is 11.5. The van der Waals surface area contributed by atoms with Crippen LogP contribution in [-0.2, 0) is 10.3 Å². The lowest BCUT2D eigenvalue weighted by Crippen LogP contribution is -2.49. The minimum atomic E-state index is -0.745. The van der Waals surface area contributed by atoms with Crippen molar-refractivity contribution in [2.45, 2.75) is 18.4 Å². The number of rotatable bonds is 3. The molecule has 24 heavy (non-hydrogen) atoms. The van der Waals surface area contributed by atoms with E-state index < -0.39 is 23.1 Å². The van der Waals surface area contributed by atoms with Crippen LogP contribution < -0.4 is 5.32 Å². The fourth-order valence-electron chi connectivity index (χ4n) is 2.95. The van der Waals surface area contributed by atoms with Gasteiger partial charge in [0.15, 0.2) is 0 Å². The summed E-state index contributed by atoms with van der Waals surface area (Å²) in [6.45, 7) is 0.969. The Kier molecular flexibility index (Phi) is 4.96. The van der Waals surface area contributed by atoms with E-state index in [4.69, 9.17) is 4.74 Å². The topological polar surface area (TPSA) is 38.3 Å². The van der Waals surface area contributed by atoms with Crippen LogP contribution in [0, 0.1) is 11.6 Å². The maximum absolute atomic E-state index is 13.9. The zero-order valence-electron chi connectivity index (χ0n) is 12.8. The lowest BCUT2D eigenvalue weighted by Gasteiger charge is -2.38. The highest BCUT2D eigenvalue weighted by atomic mass is 79.9. The van der Waals surface area contributed by atoms with E-state index in [1.54, 1.807) is 0 Å². The van der Waals surface area contributed by atoms with Gasteiger partial charge in [-0.2, -0.15) is 0 Å². The van der Waals surface area contributed by atoms with Crippen LogP contribution in [0.25, 0.3) is 0 Å². The maximum atomic E-state index is 13.9. The molecule has 0 bridgehead atoms. The van der Waals surface area contributed by atoms with E-state index in [0.717, 1.165) is 28.2 Å². The number of halogens is 3. The third-order valence-corrected chi connectivity index (χ3v) is 4.74. The zero-order valence-corrected chi connectivity index (χ0v) is 14.4. The number of hydrogen-bond donors (Lipinski definition) is 1. The Morgan fingerprint density at radius 1 is 1.12 bits per heavy atom. The second-order valence-electron chi connectivity index (χ2n) is 5.78. The molecule has 0 saturated carbocycles. The largest absolute Gasteiger partial charge is 0.381 e. The predicted molar refractivity (Wildman–Crippen MR) is 89.7 cm³/mol. The molecule has 1 amide bonds. The van der Waals surface area contributed by atoms with E-state index in [9.17, 15) is 13.6 Å². The molecular weight excluding hydrogens is 380 g/mol. The smallest absolute Gasteiger partial charge is 0.255 e. The average molecular weight is 396 g/mol. The highest BCUT2D eigenvalue weighted by molar-refractivity contribution is 9.10. The van der Waals surface area contributed by atoms with Crippen molar-refractivity contribution in [3.63, 3.8) is 0 Å². The van der Waals surface area contributed by atoms with Gasteiger partial charge in [0.2, 0.25) is 0 Å². The summed E-state index contributed by atoms with van der Waals surface area (Å²) in [6.07, 6.45) is 1.12. The molecule has 3 nitrogen and oxygen atoms in total. The number of benzene rings is 2. The van der Waals surface area contributed by atoms with Crippen LogP contribution >= 0.6 is 15.9 Å². The standard InChI is InChI=1S/C18H16BrF2NO2/c19-13-3-1-2-12(10-13)18(6-8-24-9-7-18)22-17(23)15-11-14(20)4-5-16(15)21/h1-5,10-11H,6-9H2,(H,22,23). The van der Waals surface area contributed by atoms with Gasteiger partial charge in [-0.1, -0.05) is 28.1 Å². The molecule has 2 aromatic carbocycles. The second kappa shape index (κ2) is 6.99. The van der Waals surface area contributed by atoms with Crippen molar-refractivity contribution in [3.8, 4) is 0 Å². The van der Waals surface area contributed by atoms with Gasteiger partial charge in [0, 0.05) is 17.7 Å². The summed E-state index contributed by atoms with van der Waals surface area (Å²) in [7, 11) is 0. The fraction of sp³-hybridized carbons (Fsp3) is 0.278. The number of ether oxygens (including phenoxy) is 1.